The number of nitrogens with zero attached hydrogens (tertiary/aromatic N) is 2. The summed E-state index contributed by atoms with van der Waals surface area (Å²) in [6.07, 6.45) is 0. The zero-order valence-corrected chi connectivity index (χ0v) is 10.3. The molecule has 0 aliphatic heterocycles. The molecule has 0 radical (unpaired) electrons. The van der Waals surface area contributed by atoms with Gasteiger partial charge in [0.25, 0.3) is 5.91 Å². The molecule has 0 unspecified atom stereocenters. The molecule has 0 bridgehead atoms. The number of hydrogen-bond acceptors (Lipinski definition) is 5. The lowest BCUT2D eigenvalue weighted by molar-refractivity contribution is 0.102. The summed E-state index contributed by atoms with van der Waals surface area (Å²) in [6, 6.07) is 4.23. The van der Waals surface area contributed by atoms with E-state index < -0.39 is 0 Å². The second kappa shape index (κ2) is 4.68. The summed E-state index contributed by atoms with van der Waals surface area (Å²) in [5, 5.41) is 20.7. The Bertz CT molecular complexity index is 570. The minimum atomic E-state index is -0.344. The van der Waals surface area contributed by atoms with E-state index in [1.165, 1.54) is 29.5 Å². The average Bonchev–Trinajstić information content (AvgIpc) is 2.68. The number of anilines is 1. The molecular weight excluding hydrogens is 262 g/mol. The highest BCUT2D eigenvalue weighted by Crippen LogP contribution is 2.24. The number of carbonyl (C=O) groups excluding carboxylic acids is 1. The summed E-state index contributed by atoms with van der Waals surface area (Å²) in [4.78, 5) is 11.8. The second-order valence-corrected chi connectivity index (χ2v) is 4.84. The number of rotatable bonds is 2. The molecule has 1 aromatic carbocycles. The third kappa shape index (κ3) is 2.72. The van der Waals surface area contributed by atoms with Crippen LogP contribution in [0.15, 0.2) is 18.2 Å². The molecule has 1 aromatic heterocycles. The van der Waals surface area contributed by atoms with Crippen LogP contribution in [0.3, 0.4) is 0 Å². The van der Waals surface area contributed by atoms with Gasteiger partial charge in [0.15, 0.2) is 0 Å². The van der Waals surface area contributed by atoms with Crippen LogP contribution in [0.5, 0.6) is 5.75 Å². The molecule has 0 saturated heterocycles. The Balaban J connectivity index is 2.17. The molecule has 2 rings (SSSR count). The Labute approximate surface area is 106 Å². The van der Waals surface area contributed by atoms with Crippen molar-refractivity contribution in [2.45, 2.75) is 6.92 Å². The fourth-order valence-corrected chi connectivity index (χ4v) is 1.93. The van der Waals surface area contributed by atoms with Crippen molar-refractivity contribution in [3.63, 3.8) is 0 Å². The number of aromatic nitrogens is 2. The van der Waals surface area contributed by atoms with Crippen LogP contribution < -0.4 is 5.32 Å². The predicted molar refractivity (Wildman–Crippen MR) is 65.7 cm³/mol. The molecule has 0 fully saturated rings. The second-order valence-electron chi connectivity index (χ2n) is 3.25. The summed E-state index contributed by atoms with van der Waals surface area (Å²) >= 11 is 6.99. The number of phenolic OH excluding ortho intramolecular Hbond substituents is 1. The first-order valence-corrected chi connectivity index (χ1v) is 5.85. The fourth-order valence-electron chi connectivity index (χ4n) is 1.16. The number of nitrogens with one attached hydrogen (secondary N) is 1. The van der Waals surface area contributed by atoms with Gasteiger partial charge in [0.2, 0.25) is 5.13 Å². The maximum atomic E-state index is 11.8. The van der Waals surface area contributed by atoms with Gasteiger partial charge in [-0.25, -0.2) is 0 Å². The largest absolute Gasteiger partial charge is 0.506 e. The third-order valence-electron chi connectivity index (χ3n) is 1.96. The number of benzene rings is 1. The van der Waals surface area contributed by atoms with Crippen LogP contribution in [0.1, 0.15) is 15.4 Å². The maximum Gasteiger partial charge on any atom is 0.257 e. The van der Waals surface area contributed by atoms with Crippen LogP contribution in [0.25, 0.3) is 0 Å². The molecule has 0 aliphatic carbocycles. The summed E-state index contributed by atoms with van der Waals surface area (Å²) < 4.78 is 0. The van der Waals surface area contributed by atoms with Crippen LogP contribution >= 0.6 is 22.9 Å². The Morgan fingerprint density at radius 1 is 1.47 bits per heavy atom. The topological polar surface area (TPSA) is 75.1 Å². The number of aromatic hydroxyl groups is 1. The van der Waals surface area contributed by atoms with Gasteiger partial charge >= 0.3 is 0 Å². The van der Waals surface area contributed by atoms with Crippen molar-refractivity contribution in [1.29, 1.82) is 0 Å². The van der Waals surface area contributed by atoms with E-state index in [1.54, 1.807) is 6.92 Å². The number of amides is 1. The first-order valence-electron chi connectivity index (χ1n) is 4.66. The quantitative estimate of drug-likeness (QED) is 0.878. The summed E-state index contributed by atoms with van der Waals surface area (Å²) in [5.41, 5.74) is 0.348. The van der Waals surface area contributed by atoms with Gasteiger partial charge in [0, 0.05) is 5.56 Å². The molecular formula is C10H8ClN3O2S. The molecule has 0 atom stereocenters. The minimum Gasteiger partial charge on any atom is -0.506 e. The number of aryl methyl sites for hydroxylation is 1. The highest BCUT2D eigenvalue weighted by atomic mass is 35.5. The highest BCUT2D eigenvalue weighted by molar-refractivity contribution is 7.15. The van der Waals surface area contributed by atoms with Crippen molar-refractivity contribution in [3.05, 3.63) is 33.8 Å². The van der Waals surface area contributed by atoms with Gasteiger partial charge < -0.3 is 5.11 Å². The zero-order valence-electron chi connectivity index (χ0n) is 8.77. The van der Waals surface area contributed by atoms with E-state index in [-0.39, 0.29) is 16.7 Å². The lowest BCUT2D eigenvalue weighted by Crippen LogP contribution is -2.11. The van der Waals surface area contributed by atoms with Crippen LogP contribution in [0.2, 0.25) is 5.02 Å². The average molecular weight is 270 g/mol. The molecule has 88 valence electrons. The van der Waals surface area contributed by atoms with Crippen molar-refractivity contribution in [3.8, 4) is 5.75 Å². The standard InChI is InChI=1S/C10H8ClN3O2S/c1-5-13-14-10(17-5)12-9(16)6-2-3-8(15)7(11)4-6/h2-4,15H,1H3,(H,12,14,16). The molecule has 17 heavy (non-hydrogen) atoms. The highest BCUT2D eigenvalue weighted by Gasteiger charge is 2.10. The van der Waals surface area contributed by atoms with E-state index >= 15 is 0 Å². The number of hydrogen-bond donors (Lipinski definition) is 2. The van der Waals surface area contributed by atoms with Crippen LogP contribution in [0.4, 0.5) is 5.13 Å². The lowest BCUT2D eigenvalue weighted by atomic mass is 10.2. The molecule has 5 nitrogen and oxygen atoms in total. The van der Waals surface area contributed by atoms with Crippen molar-refractivity contribution in [2.24, 2.45) is 0 Å². The summed E-state index contributed by atoms with van der Waals surface area (Å²) in [5.74, 6) is -0.405. The van der Waals surface area contributed by atoms with Gasteiger partial charge in [-0.15, -0.1) is 10.2 Å². The van der Waals surface area contributed by atoms with Gasteiger partial charge in [-0.1, -0.05) is 22.9 Å². The van der Waals surface area contributed by atoms with Crippen molar-refractivity contribution in [1.82, 2.24) is 10.2 Å². The van der Waals surface area contributed by atoms with Crippen molar-refractivity contribution in [2.75, 3.05) is 5.32 Å². The normalized spacial score (nSPS) is 10.2. The first kappa shape index (κ1) is 11.8. The van der Waals surface area contributed by atoms with Crippen molar-refractivity contribution < 1.29 is 9.90 Å². The van der Waals surface area contributed by atoms with E-state index in [2.05, 4.69) is 15.5 Å². The molecule has 0 aliphatic rings. The number of halogens is 1. The Hall–Kier alpha value is -1.66. The molecule has 2 N–H and O–H groups in total. The van der Waals surface area contributed by atoms with E-state index in [0.29, 0.717) is 10.7 Å². The molecule has 2 aromatic rings. The molecule has 1 amide bonds. The number of phenols is 1. The smallest absolute Gasteiger partial charge is 0.257 e. The van der Waals surface area contributed by atoms with Gasteiger partial charge in [-0.2, -0.15) is 0 Å². The van der Waals surface area contributed by atoms with Crippen LogP contribution in [-0.4, -0.2) is 21.2 Å². The van der Waals surface area contributed by atoms with Gasteiger partial charge in [0.05, 0.1) is 5.02 Å². The summed E-state index contributed by atoms with van der Waals surface area (Å²) in [6.45, 7) is 1.80. The third-order valence-corrected chi connectivity index (χ3v) is 3.01. The van der Waals surface area contributed by atoms with E-state index in [0.717, 1.165) is 5.01 Å². The lowest BCUT2D eigenvalue weighted by Gasteiger charge is -2.02. The molecule has 0 saturated carbocycles. The minimum absolute atomic E-state index is 0.0602. The SMILES string of the molecule is Cc1nnc(NC(=O)c2ccc(O)c(Cl)c2)s1. The van der Waals surface area contributed by atoms with E-state index in [1.807, 2.05) is 0 Å². The maximum absolute atomic E-state index is 11.8. The molecule has 7 heteroatoms. The van der Waals surface area contributed by atoms with E-state index in [4.69, 9.17) is 11.6 Å². The van der Waals surface area contributed by atoms with Gasteiger partial charge in [0.1, 0.15) is 10.8 Å². The number of carbonyl (C=O) groups is 1. The Morgan fingerprint density at radius 3 is 2.82 bits per heavy atom. The monoisotopic (exact) mass is 269 g/mol. The van der Waals surface area contributed by atoms with Gasteiger partial charge in [-0.05, 0) is 25.1 Å². The Kier molecular flexibility index (Phi) is 3.26. The zero-order chi connectivity index (χ0) is 12.4. The fraction of sp³-hybridized carbons (Fsp3) is 0.100. The summed E-state index contributed by atoms with van der Waals surface area (Å²) in [7, 11) is 0. The van der Waals surface area contributed by atoms with Crippen LogP contribution in [-0.2, 0) is 0 Å². The van der Waals surface area contributed by atoms with E-state index in [9.17, 15) is 9.90 Å². The predicted octanol–water partition coefficient (Wildman–Crippen LogP) is 2.46. The Morgan fingerprint density at radius 2 is 2.24 bits per heavy atom. The first-order chi connectivity index (χ1) is 8.06. The molecule has 1 heterocycles. The van der Waals surface area contributed by atoms with Crippen molar-refractivity contribution >= 4 is 34.0 Å². The molecule has 0 spiro atoms. The van der Waals surface area contributed by atoms with Gasteiger partial charge in [-0.3, -0.25) is 10.1 Å². The van der Waals surface area contributed by atoms with Crippen LogP contribution in [0, 0.1) is 6.92 Å².